The molecule has 0 unspecified atom stereocenters. The van der Waals surface area contributed by atoms with E-state index in [4.69, 9.17) is 9.47 Å². The number of carbonyl (C=O) groups is 2. The summed E-state index contributed by atoms with van der Waals surface area (Å²) in [6.45, 7) is 0. The highest BCUT2D eigenvalue weighted by Gasteiger charge is 2.09. The Morgan fingerprint density at radius 2 is 1.60 bits per heavy atom. The van der Waals surface area contributed by atoms with Gasteiger partial charge in [0.05, 0.1) is 19.8 Å². The first-order valence-electron chi connectivity index (χ1n) is 9.41. The minimum absolute atomic E-state index is 0.100. The van der Waals surface area contributed by atoms with E-state index in [-0.39, 0.29) is 11.8 Å². The zero-order chi connectivity index (χ0) is 21.3. The van der Waals surface area contributed by atoms with Gasteiger partial charge >= 0.3 is 0 Å². The molecular weight excluding hydrogens is 382 g/mol. The van der Waals surface area contributed by atoms with Crippen LogP contribution >= 0.6 is 0 Å². The number of hydrogen-bond acceptors (Lipinski definition) is 5. The van der Waals surface area contributed by atoms with Crippen molar-refractivity contribution in [1.82, 2.24) is 4.98 Å². The van der Waals surface area contributed by atoms with Crippen molar-refractivity contribution in [2.75, 3.05) is 24.9 Å². The van der Waals surface area contributed by atoms with Crippen LogP contribution in [0, 0.1) is 0 Å². The molecule has 3 rings (SSSR count). The van der Waals surface area contributed by atoms with Gasteiger partial charge in [0.2, 0.25) is 5.91 Å². The van der Waals surface area contributed by atoms with Gasteiger partial charge in [0, 0.05) is 30.2 Å². The Labute approximate surface area is 175 Å². The lowest BCUT2D eigenvalue weighted by Gasteiger charge is -2.10. The molecule has 2 aromatic carbocycles. The first-order valence-corrected chi connectivity index (χ1v) is 9.41. The van der Waals surface area contributed by atoms with Gasteiger partial charge in [0.1, 0.15) is 0 Å². The molecule has 7 nitrogen and oxygen atoms in total. The van der Waals surface area contributed by atoms with Crippen molar-refractivity contribution >= 4 is 23.2 Å². The fourth-order valence-electron chi connectivity index (χ4n) is 2.85. The minimum Gasteiger partial charge on any atom is -0.493 e. The molecule has 0 fully saturated rings. The number of ether oxygens (including phenoxy) is 2. The number of anilines is 2. The van der Waals surface area contributed by atoms with Crippen LogP contribution in [0.5, 0.6) is 11.5 Å². The summed E-state index contributed by atoms with van der Waals surface area (Å²) in [7, 11) is 3.16. The van der Waals surface area contributed by atoms with Gasteiger partial charge in [-0.2, -0.15) is 0 Å². The summed E-state index contributed by atoms with van der Waals surface area (Å²) in [6, 6.07) is 16.0. The van der Waals surface area contributed by atoms with Crippen molar-refractivity contribution in [1.29, 1.82) is 0 Å². The number of rotatable bonds is 8. The van der Waals surface area contributed by atoms with Crippen molar-refractivity contribution < 1.29 is 19.1 Å². The van der Waals surface area contributed by atoms with E-state index in [0.29, 0.717) is 41.3 Å². The second-order valence-electron chi connectivity index (χ2n) is 6.51. The zero-order valence-electron chi connectivity index (χ0n) is 16.8. The molecule has 0 aliphatic carbocycles. The Bertz CT molecular complexity index is 1000. The normalized spacial score (nSPS) is 10.2. The van der Waals surface area contributed by atoms with Crippen LogP contribution in [0.4, 0.5) is 11.4 Å². The van der Waals surface area contributed by atoms with Gasteiger partial charge in [-0.25, -0.2) is 0 Å². The van der Waals surface area contributed by atoms with Gasteiger partial charge in [-0.05, 0) is 60.5 Å². The number of nitrogens with zero attached hydrogens (tertiary/aromatic N) is 1. The maximum absolute atomic E-state index is 12.3. The quantitative estimate of drug-likeness (QED) is 0.593. The van der Waals surface area contributed by atoms with Gasteiger partial charge in [0.15, 0.2) is 11.5 Å². The third-order valence-corrected chi connectivity index (χ3v) is 4.44. The first kappa shape index (κ1) is 20.9. The van der Waals surface area contributed by atoms with Crippen LogP contribution in [0.3, 0.4) is 0 Å². The molecule has 7 heteroatoms. The molecule has 0 aliphatic heterocycles. The Kier molecular flexibility index (Phi) is 7.00. The van der Waals surface area contributed by atoms with E-state index in [2.05, 4.69) is 15.6 Å². The van der Waals surface area contributed by atoms with Crippen molar-refractivity contribution in [2.45, 2.75) is 12.8 Å². The van der Waals surface area contributed by atoms with Crippen LogP contribution < -0.4 is 20.1 Å². The molecule has 0 radical (unpaired) electrons. The van der Waals surface area contributed by atoms with E-state index in [1.165, 1.54) is 6.20 Å². The van der Waals surface area contributed by atoms with Crippen LogP contribution in [0.2, 0.25) is 0 Å². The highest BCUT2D eigenvalue weighted by Crippen LogP contribution is 2.28. The average Bonchev–Trinajstić information content (AvgIpc) is 2.79. The summed E-state index contributed by atoms with van der Waals surface area (Å²) < 4.78 is 10.5. The lowest BCUT2D eigenvalue weighted by atomic mass is 10.1. The van der Waals surface area contributed by atoms with Crippen LogP contribution in [0.1, 0.15) is 22.3 Å². The molecule has 0 saturated carbocycles. The van der Waals surface area contributed by atoms with Crippen molar-refractivity contribution in [2.24, 2.45) is 0 Å². The molecule has 154 valence electrons. The van der Waals surface area contributed by atoms with Gasteiger partial charge in [-0.3, -0.25) is 14.6 Å². The maximum Gasteiger partial charge on any atom is 0.257 e. The van der Waals surface area contributed by atoms with E-state index in [1.807, 2.05) is 18.2 Å². The third kappa shape index (κ3) is 5.57. The molecule has 2 N–H and O–H groups in total. The number of aryl methyl sites for hydroxylation is 1. The Hall–Kier alpha value is -3.87. The number of amides is 2. The maximum atomic E-state index is 12.3. The lowest BCUT2D eigenvalue weighted by molar-refractivity contribution is -0.116. The molecule has 1 heterocycles. The summed E-state index contributed by atoms with van der Waals surface area (Å²) in [5, 5.41) is 5.65. The molecule has 0 spiro atoms. The number of benzene rings is 2. The molecule has 0 saturated heterocycles. The van der Waals surface area contributed by atoms with E-state index < -0.39 is 0 Å². The standard InChI is InChI=1S/C23H23N3O4/c1-29-20-11-5-16(14-21(20)30-2)6-12-22(27)25-18-7-9-19(10-8-18)26-23(28)17-4-3-13-24-15-17/h3-5,7-11,13-15H,6,12H2,1-2H3,(H,25,27)(H,26,28). The summed E-state index contributed by atoms with van der Waals surface area (Å²) in [5.41, 5.74) is 2.75. The van der Waals surface area contributed by atoms with E-state index in [9.17, 15) is 9.59 Å². The summed E-state index contributed by atoms with van der Waals surface area (Å²) in [6.07, 6.45) is 4.02. The summed E-state index contributed by atoms with van der Waals surface area (Å²) >= 11 is 0. The molecule has 0 atom stereocenters. The Balaban J connectivity index is 1.51. The Morgan fingerprint density at radius 3 is 2.23 bits per heavy atom. The summed E-state index contributed by atoms with van der Waals surface area (Å²) in [5.74, 6) is 0.951. The molecule has 0 bridgehead atoms. The molecule has 30 heavy (non-hydrogen) atoms. The number of aromatic nitrogens is 1. The van der Waals surface area contributed by atoms with Crippen LogP contribution in [0.15, 0.2) is 67.0 Å². The largest absolute Gasteiger partial charge is 0.493 e. The second kappa shape index (κ2) is 10.1. The van der Waals surface area contributed by atoms with Gasteiger partial charge in [-0.1, -0.05) is 6.07 Å². The molecular formula is C23H23N3O4. The van der Waals surface area contributed by atoms with E-state index in [0.717, 1.165) is 5.56 Å². The number of methoxy groups -OCH3 is 2. The molecule has 1 aromatic heterocycles. The van der Waals surface area contributed by atoms with Gasteiger partial charge < -0.3 is 20.1 Å². The number of carbonyl (C=O) groups excluding carboxylic acids is 2. The molecule has 3 aromatic rings. The number of pyridine rings is 1. The SMILES string of the molecule is COc1ccc(CCC(=O)Nc2ccc(NC(=O)c3cccnc3)cc2)cc1OC. The second-order valence-corrected chi connectivity index (χ2v) is 6.51. The van der Waals surface area contributed by atoms with Crippen LogP contribution in [-0.2, 0) is 11.2 Å². The topological polar surface area (TPSA) is 89.6 Å². The zero-order valence-corrected chi connectivity index (χ0v) is 16.8. The third-order valence-electron chi connectivity index (χ3n) is 4.44. The molecule has 2 amide bonds. The van der Waals surface area contributed by atoms with E-state index in [1.54, 1.807) is 56.8 Å². The fourth-order valence-corrected chi connectivity index (χ4v) is 2.85. The number of hydrogen-bond donors (Lipinski definition) is 2. The smallest absolute Gasteiger partial charge is 0.257 e. The predicted octanol–water partition coefficient (Wildman–Crippen LogP) is 3.92. The van der Waals surface area contributed by atoms with Crippen molar-refractivity contribution in [3.63, 3.8) is 0 Å². The fraction of sp³-hybridized carbons (Fsp3) is 0.174. The number of nitrogens with one attached hydrogen (secondary N) is 2. The van der Waals surface area contributed by atoms with Crippen molar-refractivity contribution in [3.8, 4) is 11.5 Å². The van der Waals surface area contributed by atoms with E-state index >= 15 is 0 Å². The Morgan fingerprint density at radius 1 is 0.900 bits per heavy atom. The highest BCUT2D eigenvalue weighted by atomic mass is 16.5. The van der Waals surface area contributed by atoms with Crippen LogP contribution in [-0.4, -0.2) is 31.0 Å². The minimum atomic E-state index is -0.241. The average molecular weight is 405 g/mol. The first-order chi connectivity index (χ1) is 14.6. The summed E-state index contributed by atoms with van der Waals surface area (Å²) in [4.78, 5) is 28.3. The monoisotopic (exact) mass is 405 g/mol. The van der Waals surface area contributed by atoms with Gasteiger partial charge in [0.25, 0.3) is 5.91 Å². The van der Waals surface area contributed by atoms with Gasteiger partial charge in [-0.15, -0.1) is 0 Å². The lowest BCUT2D eigenvalue weighted by Crippen LogP contribution is -2.13. The van der Waals surface area contributed by atoms with Crippen molar-refractivity contribution in [3.05, 3.63) is 78.1 Å². The predicted molar refractivity (Wildman–Crippen MR) is 115 cm³/mol. The highest BCUT2D eigenvalue weighted by molar-refractivity contribution is 6.04. The molecule has 0 aliphatic rings. The van der Waals surface area contributed by atoms with Crippen LogP contribution in [0.25, 0.3) is 0 Å².